The van der Waals surface area contributed by atoms with E-state index < -0.39 is 12.7 Å². The van der Waals surface area contributed by atoms with Crippen LogP contribution < -0.4 is 5.73 Å². The van der Waals surface area contributed by atoms with Gasteiger partial charge >= 0.3 is 6.18 Å². The Morgan fingerprint density at radius 2 is 2.12 bits per heavy atom. The van der Waals surface area contributed by atoms with Crippen molar-refractivity contribution in [3.05, 3.63) is 24.1 Å². The predicted octanol–water partition coefficient (Wildman–Crippen LogP) is 2.16. The van der Waals surface area contributed by atoms with Gasteiger partial charge in [0.15, 0.2) is 5.82 Å². The fourth-order valence-electron chi connectivity index (χ4n) is 1.63. The Bertz CT molecular complexity index is 470. The van der Waals surface area contributed by atoms with Crippen LogP contribution >= 0.6 is 0 Å². The molecule has 1 aliphatic rings. The van der Waals surface area contributed by atoms with Crippen LogP contribution in [0.25, 0.3) is 5.57 Å². The van der Waals surface area contributed by atoms with Crippen molar-refractivity contribution in [2.75, 3.05) is 5.73 Å². The van der Waals surface area contributed by atoms with Crippen molar-refractivity contribution in [2.45, 2.75) is 25.6 Å². The zero-order valence-corrected chi connectivity index (χ0v) is 8.91. The Kier molecular flexibility index (Phi) is 2.91. The number of aromatic nitrogens is 3. The van der Waals surface area contributed by atoms with Gasteiger partial charge in [-0.25, -0.2) is 4.68 Å². The highest BCUT2D eigenvalue weighted by atomic mass is 19.4. The molecule has 0 saturated heterocycles. The minimum absolute atomic E-state index is 0.149. The van der Waals surface area contributed by atoms with Crippen molar-refractivity contribution < 1.29 is 13.2 Å². The number of allylic oxidation sites excluding steroid dienone is 4. The van der Waals surface area contributed by atoms with Gasteiger partial charge in [-0.3, -0.25) is 0 Å². The van der Waals surface area contributed by atoms with E-state index in [0.717, 1.165) is 17.5 Å². The molecule has 0 aromatic carbocycles. The van der Waals surface area contributed by atoms with E-state index in [1.807, 2.05) is 12.2 Å². The van der Waals surface area contributed by atoms with Crippen LogP contribution in [0.2, 0.25) is 0 Å². The minimum atomic E-state index is -4.34. The van der Waals surface area contributed by atoms with E-state index in [2.05, 4.69) is 10.1 Å². The van der Waals surface area contributed by atoms with Crippen LogP contribution in [0.5, 0.6) is 0 Å². The average molecular weight is 244 g/mol. The SMILES string of the molecule is Nc1nc(C2=CCCC=C2)n(CC(F)(F)F)n1. The van der Waals surface area contributed by atoms with Gasteiger partial charge in [0.2, 0.25) is 5.95 Å². The molecule has 1 aromatic heterocycles. The lowest BCUT2D eigenvalue weighted by Crippen LogP contribution is -2.20. The highest BCUT2D eigenvalue weighted by Gasteiger charge is 2.30. The number of nitrogens with zero attached hydrogens (tertiary/aromatic N) is 3. The van der Waals surface area contributed by atoms with Crippen LogP contribution in [0.4, 0.5) is 19.1 Å². The monoisotopic (exact) mass is 244 g/mol. The third kappa shape index (κ3) is 2.86. The van der Waals surface area contributed by atoms with Crippen LogP contribution in [0.1, 0.15) is 18.7 Å². The molecule has 1 heterocycles. The van der Waals surface area contributed by atoms with Crippen molar-refractivity contribution in [2.24, 2.45) is 0 Å². The first-order valence-corrected chi connectivity index (χ1v) is 5.10. The van der Waals surface area contributed by atoms with Crippen molar-refractivity contribution in [1.29, 1.82) is 0 Å². The maximum Gasteiger partial charge on any atom is 0.408 e. The van der Waals surface area contributed by atoms with Crippen LogP contribution in [0.15, 0.2) is 18.2 Å². The van der Waals surface area contributed by atoms with E-state index in [0.29, 0.717) is 5.57 Å². The molecule has 0 unspecified atom stereocenters. The van der Waals surface area contributed by atoms with Crippen molar-refractivity contribution in [3.63, 3.8) is 0 Å². The standard InChI is InChI=1S/C10H11F3N4/c11-10(12,13)6-17-8(15-9(14)16-17)7-4-2-1-3-5-7/h2,4-5H,1,3,6H2,(H2,14,16). The number of nitrogen functional groups attached to an aromatic ring is 1. The van der Waals surface area contributed by atoms with Crippen LogP contribution in [-0.4, -0.2) is 20.9 Å². The van der Waals surface area contributed by atoms with Crippen LogP contribution in [0, 0.1) is 0 Å². The summed E-state index contributed by atoms with van der Waals surface area (Å²) >= 11 is 0. The molecular formula is C10H11F3N4. The first-order valence-electron chi connectivity index (χ1n) is 5.10. The zero-order valence-electron chi connectivity index (χ0n) is 8.91. The second-order valence-electron chi connectivity index (χ2n) is 3.71. The highest BCUT2D eigenvalue weighted by molar-refractivity contribution is 5.71. The Morgan fingerprint density at radius 3 is 2.71 bits per heavy atom. The molecule has 92 valence electrons. The van der Waals surface area contributed by atoms with Crippen LogP contribution in [-0.2, 0) is 6.54 Å². The molecule has 0 bridgehead atoms. The molecule has 0 fully saturated rings. The number of halogens is 3. The van der Waals surface area contributed by atoms with E-state index in [1.165, 1.54) is 0 Å². The maximum absolute atomic E-state index is 12.3. The van der Waals surface area contributed by atoms with E-state index in [-0.39, 0.29) is 11.8 Å². The smallest absolute Gasteiger partial charge is 0.366 e. The lowest BCUT2D eigenvalue weighted by molar-refractivity contribution is -0.142. The average Bonchev–Trinajstić information content (AvgIpc) is 2.58. The number of hydrogen-bond acceptors (Lipinski definition) is 3. The van der Waals surface area contributed by atoms with Gasteiger partial charge in [-0.05, 0) is 12.8 Å². The normalized spacial score (nSPS) is 16.1. The third-order valence-corrected chi connectivity index (χ3v) is 2.27. The molecule has 0 saturated carbocycles. The zero-order chi connectivity index (χ0) is 12.5. The second kappa shape index (κ2) is 4.23. The first kappa shape index (κ1) is 11.7. The highest BCUT2D eigenvalue weighted by Crippen LogP contribution is 2.24. The lowest BCUT2D eigenvalue weighted by Gasteiger charge is -2.10. The number of alkyl halides is 3. The van der Waals surface area contributed by atoms with E-state index in [1.54, 1.807) is 6.08 Å². The largest absolute Gasteiger partial charge is 0.408 e. The summed E-state index contributed by atoms with van der Waals surface area (Å²) < 4.78 is 37.8. The fourth-order valence-corrected chi connectivity index (χ4v) is 1.63. The van der Waals surface area contributed by atoms with Gasteiger partial charge in [-0.2, -0.15) is 18.2 Å². The summed E-state index contributed by atoms with van der Waals surface area (Å²) in [5, 5.41) is 3.56. The second-order valence-corrected chi connectivity index (χ2v) is 3.71. The molecule has 2 N–H and O–H groups in total. The Hall–Kier alpha value is -1.79. The predicted molar refractivity (Wildman–Crippen MR) is 56.8 cm³/mol. The van der Waals surface area contributed by atoms with Gasteiger partial charge in [0.25, 0.3) is 0 Å². The van der Waals surface area contributed by atoms with Gasteiger partial charge in [0, 0.05) is 5.57 Å². The van der Waals surface area contributed by atoms with Crippen LogP contribution in [0.3, 0.4) is 0 Å². The summed E-state index contributed by atoms with van der Waals surface area (Å²) in [6, 6.07) is 0. The maximum atomic E-state index is 12.3. The number of nitrogens with two attached hydrogens (primary N) is 1. The molecule has 4 nitrogen and oxygen atoms in total. The van der Waals surface area contributed by atoms with Crippen molar-refractivity contribution in [1.82, 2.24) is 14.8 Å². The quantitative estimate of drug-likeness (QED) is 0.867. The molecule has 0 atom stereocenters. The summed E-state index contributed by atoms with van der Waals surface area (Å²) in [4.78, 5) is 3.83. The van der Waals surface area contributed by atoms with E-state index >= 15 is 0 Å². The Labute approximate surface area is 95.6 Å². The number of anilines is 1. The minimum Gasteiger partial charge on any atom is -0.366 e. The van der Waals surface area contributed by atoms with E-state index in [9.17, 15) is 13.2 Å². The molecular weight excluding hydrogens is 233 g/mol. The summed E-state index contributed by atoms with van der Waals surface area (Å²) in [6.07, 6.45) is 2.78. The summed E-state index contributed by atoms with van der Waals surface area (Å²) in [5.74, 6) is 0.0138. The molecule has 7 heteroatoms. The molecule has 2 rings (SSSR count). The molecule has 1 aromatic rings. The fraction of sp³-hybridized carbons (Fsp3) is 0.400. The summed E-state index contributed by atoms with van der Waals surface area (Å²) in [5.41, 5.74) is 5.97. The van der Waals surface area contributed by atoms with Crippen molar-refractivity contribution in [3.8, 4) is 0 Å². The van der Waals surface area contributed by atoms with E-state index in [4.69, 9.17) is 5.73 Å². The summed E-state index contributed by atoms with van der Waals surface area (Å²) in [7, 11) is 0. The first-order chi connectivity index (χ1) is 7.96. The molecule has 1 aliphatic carbocycles. The van der Waals surface area contributed by atoms with Gasteiger partial charge in [-0.15, -0.1) is 5.10 Å². The molecule has 0 spiro atoms. The Balaban J connectivity index is 2.33. The van der Waals surface area contributed by atoms with Gasteiger partial charge in [0.1, 0.15) is 6.54 Å². The van der Waals surface area contributed by atoms with Crippen molar-refractivity contribution >= 4 is 11.5 Å². The van der Waals surface area contributed by atoms with Gasteiger partial charge < -0.3 is 5.73 Å². The Morgan fingerprint density at radius 1 is 1.35 bits per heavy atom. The molecule has 0 amide bonds. The van der Waals surface area contributed by atoms with Gasteiger partial charge in [0.05, 0.1) is 0 Å². The lowest BCUT2D eigenvalue weighted by atomic mass is 10.1. The number of rotatable bonds is 2. The third-order valence-electron chi connectivity index (χ3n) is 2.27. The molecule has 0 aliphatic heterocycles. The van der Waals surface area contributed by atoms with Gasteiger partial charge in [-0.1, -0.05) is 18.2 Å². The topological polar surface area (TPSA) is 56.7 Å². The molecule has 0 radical (unpaired) electrons. The number of hydrogen-bond donors (Lipinski definition) is 1. The summed E-state index contributed by atoms with van der Waals surface area (Å²) in [6.45, 7) is -1.18. The molecule has 17 heavy (non-hydrogen) atoms.